The van der Waals surface area contributed by atoms with Gasteiger partial charge in [0.25, 0.3) is 0 Å². The van der Waals surface area contributed by atoms with Gasteiger partial charge >= 0.3 is 0 Å². The van der Waals surface area contributed by atoms with Crippen LogP contribution in [0.15, 0.2) is 17.2 Å². The maximum atomic E-state index is 12.8. The summed E-state index contributed by atoms with van der Waals surface area (Å²) >= 11 is 1.66. The maximum absolute atomic E-state index is 12.8. The van der Waals surface area contributed by atoms with Gasteiger partial charge in [-0.05, 0) is 38.0 Å². The van der Waals surface area contributed by atoms with Crippen LogP contribution in [0.3, 0.4) is 0 Å². The van der Waals surface area contributed by atoms with Crippen molar-refractivity contribution < 1.29 is 14.7 Å². The number of benzene rings is 1. The normalized spacial score (nSPS) is 14.0. The van der Waals surface area contributed by atoms with Crippen LogP contribution >= 0.6 is 11.8 Å². The smallest absolute Gasteiger partial charge is 0.220 e. The second-order valence-electron chi connectivity index (χ2n) is 5.62. The lowest BCUT2D eigenvalue weighted by molar-refractivity contribution is 0.0984. The summed E-state index contributed by atoms with van der Waals surface area (Å²) in [5.74, 6) is 0.438. The molecule has 2 aromatic rings. The maximum Gasteiger partial charge on any atom is 0.220 e. The molecular weight excluding hydrogens is 312 g/mol. The monoisotopic (exact) mass is 330 g/mol. The Balaban J connectivity index is 2.15. The first kappa shape index (κ1) is 15.8. The summed E-state index contributed by atoms with van der Waals surface area (Å²) in [4.78, 5) is 26.1. The van der Waals surface area contributed by atoms with E-state index in [9.17, 15) is 14.7 Å². The van der Waals surface area contributed by atoms with Crippen molar-refractivity contribution in [3.8, 4) is 5.88 Å². The standard InChI is InChI=1S/C17H18N2O3S/c1-4-19-17(22)12(8-18-19)15(21)11-7-9(2)16-14(10(11)3)13(20)5-6-23-16/h7-8,22H,4-6H2,1-3H3. The molecule has 1 aromatic carbocycles. The zero-order valence-electron chi connectivity index (χ0n) is 13.3. The number of hydrogen-bond donors (Lipinski definition) is 1. The van der Waals surface area contributed by atoms with Crippen molar-refractivity contribution in [2.24, 2.45) is 0 Å². The van der Waals surface area contributed by atoms with E-state index in [0.29, 0.717) is 29.7 Å². The molecule has 5 nitrogen and oxygen atoms in total. The molecule has 0 bridgehead atoms. The second kappa shape index (κ2) is 5.85. The Bertz CT molecular complexity index is 824. The first-order valence-electron chi connectivity index (χ1n) is 7.55. The highest BCUT2D eigenvalue weighted by atomic mass is 32.2. The van der Waals surface area contributed by atoms with Crippen molar-refractivity contribution >= 4 is 23.3 Å². The van der Waals surface area contributed by atoms with Gasteiger partial charge in [0.05, 0.1) is 6.20 Å². The van der Waals surface area contributed by atoms with Crippen LogP contribution in [0.25, 0.3) is 0 Å². The second-order valence-corrected chi connectivity index (χ2v) is 6.72. The van der Waals surface area contributed by atoms with Gasteiger partial charge in [0.2, 0.25) is 5.88 Å². The third kappa shape index (κ3) is 2.47. The fraction of sp³-hybridized carbons (Fsp3) is 0.353. The van der Waals surface area contributed by atoms with Gasteiger partial charge in [0.1, 0.15) is 5.56 Å². The van der Waals surface area contributed by atoms with Crippen LogP contribution in [0.4, 0.5) is 0 Å². The number of nitrogens with zero attached hydrogens (tertiary/aromatic N) is 2. The SMILES string of the molecule is CCn1ncc(C(=O)c2cc(C)c3c(c2C)C(=O)CCS3)c1O. The molecular formula is C17H18N2O3S. The first-order chi connectivity index (χ1) is 11.0. The van der Waals surface area contributed by atoms with Crippen molar-refractivity contribution in [1.29, 1.82) is 0 Å². The van der Waals surface area contributed by atoms with Crippen LogP contribution in [0.1, 0.15) is 50.8 Å². The Hall–Kier alpha value is -2.08. The van der Waals surface area contributed by atoms with E-state index in [4.69, 9.17) is 0 Å². The molecule has 0 atom stereocenters. The van der Waals surface area contributed by atoms with Crippen molar-refractivity contribution in [1.82, 2.24) is 9.78 Å². The summed E-state index contributed by atoms with van der Waals surface area (Å²) in [5, 5.41) is 14.1. The molecule has 0 aliphatic carbocycles. The number of aryl methyl sites for hydroxylation is 2. The molecule has 0 fully saturated rings. The molecule has 3 rings (SSSR count). The van der Waals surface area contributed by atoms with E-state index in [1.807, 2.05) is 19.9 Å². The molecule has 6 heteroatoms. The summed E-state index contributed by atoms with van der Waals surface area (Å²) in [7, 11) is 0. The number of Topliss-reactive ketones (excluding diaryl/α,β-unsaturated/α-hetero) is 1. The Morgan fingerprint density at radius 1 is 1.39 bits per heavy atom. The Morgan fingerprint density at radius 3 is 2.78 bits per heavy atom. The van der Waals surface area contributed by atoms with Crippen LogP contribution in [-0.4, -0.2) is 32.2 Å². The lowest BCUT2D eigenvalue weighted by atomic mass is 9.91. The number of rotatable bonds is 3. The fourth-order valence-corrected chi connectivity index (χ4v) is 4.13. The fourth-order valence-electron chi connectivity index (χ4n) is 2.94. The number of ketones is 2. The summed E-state index contributed by atoms with van der Waals surface area (Å²) in [6, 6.07) is 1.81. The third-order valence-electron chi connectivity index (χ3n) is 4.18. The third-order valence-corrected chi connectivity index (χ3v) is 5.40. The van der Waals surface area contributed by atoms with E-state index in [1.165, 1.54) is 10.9 Å². The zero-order valence-corrected chi connectivity index (χ0v) is 14.2. The molecule has 1 N–H and O–H groups in total. The highest BCUT2D eigenvalue weighted by Crippen LogP contribution is 2.37. The molecule has 0 amide bonds. The van der Waals surface area contributed by atoms with Crippen LogP contribution < -0.4 is 0 Å². The number of thioether (sulfide) groups is 1. The quantitative estimate of drug-likeness (QED) is 0.875. The largest absolute Gasteiger partial charge is 0.493 e. The number of fused-ring (bicyclic) bond motifs is 1. The van der Waals surface area contributed by atoms with Crippen LogP contribution in [0.5, 0.6) is 5.88 Å². The van der Waals surface area contributed by atoms with Crippen molar-refractivity contribution in [3.05, 3.63) is 40.1 Å². The van der Waals surface area contributed by atoms with Crippen LogP contribution in [0, 0.1) is 13.8 Å². The van der Waals surface area contributed by atoms with E-state index in [0.717, 1.165) is 16.2 Å². The molecule has 0 radical (unpaired) electrons. The van der Waals surface area contributed by atoms with Gasteiger partial charge in [-0.3, -0.25) is 9.59 Å². The highest BCUT2D eigenvalue weighted by Gasteiger charge is 2.27. The number of aromatic nitrogens is 2. The van der Waals surface area contributed by atoms with Gasteiger partial charge in [-0.1, -0.05) is 0 Å². The summed E-state index contributed by atoms with van der Waals surface area (Å²) < 4.78 is 1.37. The average Bonchev–Trinajstić information content (AvgIpc) is 2.90. The van der Waals surface area contributed by atoms with Crippen molar-refractivity contribution in [2.75, 3.05) is 5.75 Å². The van der Waals surface area contributed by atoms with Crippen molar-refractivity contribution in [2.45, 2.75) is 38.6 Å². The summed E-state index contributed by atoms with van der Waals surface area (Å²) in [6.07, 6.45) is 1.88. The van der Waals surface area contributed by atoms with E-state index in [2.05, 4.69) is 5.10 Å². The Kier molecular flexibility index (Phi) is 4.02. The number of carbonyl (C=O) groups excluding carboxylic acids is 2. The topological polar surface area (TPSA) is 72.2 Å². The summed E-state index contributed by atoms with van der Waals surface area (Å²) in [6.45, 7) is 6.04. The molecule has 0 saturated carbocycles. The Labute approximate surface area is 138 Å². The van der Waals surface area contributed by atoms with E-state index in [-0.39, 0.29) is 23.0 Å². The molecule has 1 aliphatic rings. The minimum atomic E-state index is -0.297. The minimum absolute atomic E-state index is 0.0856. The van der Waals surface area contributed by atoms with Gasteiger partial charge in [0, 0.05) is 34.7 Å². The minimum Gasteiger partial charge on any atom is -0.493 e. The van der Waals surface area contributed by atoms with Gasteiger partial charge in [-0.15, -0.1) is 11.8 Å². The van der Waals surface area contributed by atoms with Crippen LogP contribution in [0.2, 0.25) is 0 Å². The molecule has 1 aromatic heterocycles. The Morgan fingerprint density at radius 2 is 2.13 bits per heavy atom. The first-order valence-corrected chi connectivity index (χ1v) is 8.53. The lowest BCUT2D eigenvalue weighted by Crippen LogP contribution is -2.15. The van der Waals surface area contributed by atoms with E-state index < -0.39 is 0 Å². The van der Waals surface area contributed by atoms with Crippen molar-refractivity contribution in [3.63, 3.8) is 0 Å². The zero-order chi connectivity index (χ0) is 16.7. The number of aromatic hydroxyl groups is 1. The highest BCUT2D eigenvalue weighted by molar-refractivity contribution is 7.99. The number of carbonyl (C=O) groups is 2. The van der Waals surface area contributed by atoms with Crippen LogP contribution in [-0.2, 0) is 6.54 Å². The average molecular weight is 330 g/mol. The molecule has 1 aliphatic heterocycles. The molecule has 120 valence electrons. The molecule has 0 saturated heterocycles. The molecule has 23 heavy (non-hydrogen) atoms. The molecule has 2 heterocycles. The van der Waals surface area contributed by atoms with Gasteiger partial charge < -0.3 is 5.11 Å². The van der Waals surface area contributed by atoms with Gasteiger partial charge in [-0.25, -0.2) is 4.68 Å². The molecule has 0 spiro atoms. The van der Waals surface area contributed by atoms with E-state index >= 15 is 0 Å². The molecule has 0 unspecified atom stereocenters. The predicted octanol–water partition coefficient (Wildman–Crippen LogP) is 3.13. The predicted molar refractivity (Wildman–Crippen MR) is 88.6 cm³/mol. The lowest BCUT2D eigenvalue weighted by Gasteiger charge is -2.21. The van der Waals surface area contributed by atoms with Gasteiger partial charge in [0.15, 0.2) is 11.6 Å². The van der Waals surface area contributed by atoms with E-state index in [1.54, 1.807) is 18.7 Å². The number of hydrogen-bond acceptors (Lipinski definition) is 5. The van der Waals surface area contributed by atoms with Gasteiger partial charge in [-0.2, -0.15) is 5.10 Å². The summed E-state index contributed by atoms with van der Waals surface area (Å²) in [5.41, 5.74) is 2.91.